The number of carbonyl (C=O) groups is 1. The molecule has 25 heavy (non-hydrogen) atoms. The van der Waals surface area contributed by atoms with E-state index < -0.39 is 0 Å². The summed E-state index contributed by atoms with van der Waals surface area (Å²) < 4.78 is 5.34. The van der Waals surface area contributed by atoms with E-state index in [0.29, 0.717) is 10.7 Å². The summed E-state index contributed by atoms with van der Waals surface area (Å²) in [4.78, 5) is 22.4. The van der Waals surface area contributed by atoms with E-state index in [4.69, 9.17) is 4.74 Å². The van der Waals surface area contributed by atoms with Crippen molar-refractivity contribution in [2.24, 2.45) is 0 Å². The Morgan fingerprint density at radius 1 is 1.20 bits per heavy atom. The smallest absolute Gasteiger partial charge is 0.348 e. The zero-order valence-electron chi connectivity index (χ0n) is 15.0. The highest BCUT2D eigenvalue weighted by molar-refractivity contribution is 7.20. The Morgan fingerprint density at radius 3 is 2.68 bits per heavy atom. The van der Waals surface area contributed by atoms with Crippen molar-refractivity contribution >= 4 is 39.0 Å². The molecule has 0 saturated heterocycles. The summed E-state index contributed by atoms with van der Waals surface area (Å²) in [6.45, 7) is 9.69. The predicted molar refractivity (Wildman–Crippen MR) is 102 cm³/mol. The van der Waals surface area contributed by atoms with Crippen LogP contribution >= 0.6 is 11.3 Å². The fourth-order valence-corrected chi connectivity index (χ4v) is 3.66. The molecule has 0 radical (unpaired) electrons. The molecule has 5 nitrogen and oxygen atoms in total. The third kappa shape index (κ3) is 3.49. The minimum atomic E-state index is -0.312. The molecule has 1 aromatic carbocycles. The highest BCUT2D eigenvalue weighted by Gasteiger charge is 2.21. The maximum atomic E-state index is 12.3. The van der Waals surface area contributed by atoms with E-state index >= 15 is 0 Å². The Bertz CT molecular complexity index is 947. The second kappa shape index (κ2) is 6.80. The Labute approximate surface area is 151 Å². The summed E-state index contributed by atoms with van der Waals surface area (Å²) in [5.74, 6) is 0.393. The molecular weight excluding hydrogens is 334 g/mol. The number of thiophene rings is 1. The minimum absolute atomic E-state index is 0.157. The number of nitrogens with one attached hydrogen (secondary N) is 1. The lowest BCUT2D eigenvalue weighted by Crippen LogP contribution is -2.11. The molecule has 6 heteroatoms. The first-order valence-electron chi connectivity index (χ1n) is 8.16. The van der Waals surface area contributed by atoms with Crippen LogP contribution in [0.3, 0.4) is 0 Å². The van der Waals surface area contributed by atoms with Gasteiger partial charge in [0.25, 0.3) is 0 Å². The zero-order valence-corrected chi connectivity index (χ0v) is 15.8. The number of ether oxygens (including phenoxy) is 1. The van der Waals surface area contributed by atoms with Gasteiger partial charge in [0.2, 0.25) is 0 Å². The number of hydrogen-bond donors (Lipinski definition) is 1. The second-order valence-electron chi connectivity index (χ2n) is 6.36. The molecule has 0 amide bonds. The van der Waals surface area contributed by atoms with Crippen LogP contribution in [-0.2, 0) is 4.74 Å². The maximum absolute atomic E-state index is 12.3. The number of nitrogens with zero attached hydrogens (tertiary/aromatic N) is 2. The normalized spacial score (nSPS) is 11.1. The van der Waals surface area contributed by atoms with Crippen LogP contribution in [-0.4, -0.2) is 22.0 Å². The van der Waals surface area contributed by atoms with Crippen LogP contribution in [0.5, 0.6) is 0 Å². The topological polar surface area (TPSA) is 64.1 Å². The van der Waals surface area contributed by atoms with Crippen molar-refractivity contribution < 1.29 is 9.53 Å². The van der Waals surface area contributed by atoms with E-state index in [2.05, 4.69) is 40.4 Å². The summed E-state index contributed by atoms with van der Waals surface area (Å²) in [6, 6.07) is 6.23. The summed E-state index contributed by atoms with van der Waals surface area (Å²) in [5, 5.41) is 4.26. The molecule has 0 bridgehead atoms. The summed E-state index contributed by atoms with van der Waals surface area (Å²) in [7, 11) is 0. The zero-order chi connectivity index (χ0) is 18.1. The number of aryl methyl sites for hydroxylation is 3. The van der Waals surface area contributed by atoms with Gasteiger partial charge in [0.15, 0.2) is 0 Å². The predicted octanol–water partition coefficient (Wildman–Crippen LogP) is 4.93. The number of anilines is 2. The molecule has 2 aromatic heterocycles. The van der Waals surface area contributed by atoms with Crippen molar-refractivity contribution in [2.75, 3.05) is 5.32 Å². The van der Waals surface area contributed by atoms with Crippen LogP contribution in [0.2, 0.25) is 0 Å². The molecule has 0 aliphatic heterocycles. The second-order valence-corrected chi connectivity index (χ2v) is 7.36. The van der Waals surface area contributed by atoms with E-state index in [1.54, 1.807) is 0 Å². The fraction of sp³-hybridized carbons (Fsp3) is 0.316. The van der Waals surface area contributed by atoms with Crippen LogP contribution in [0.4, 0.5) is 11.5 Å². The number of aromatic nitrogens is 2. The highest BCUT2D eigenvalue weighted by atomic mass is 32.1. The first-order valence-corrected chi connectivity index (χ1v) is 8.98. The average Bonchev–Trinajstić information content (AvgIpc) is 2.88. The van der Waals surface area contributed by atoms with Crippen LogP contribution < -0.4 is 5.32 Å². The molecule has 0 unspecified atom stereocenters. The molecule has 130 valence electrons. The Kier molecular flexibility index (Phi) is 4.72. The maximum Gasteiger partial charge on any atom is 0.348 e. The van der Waals surface area contributed by atoms with Gasteiger partial charge in [0.1, 0.15) is 21.9 Å². The molecular formula is C19H21N3O2S. The minimum Gasteiger partial charge on any atom is -0.459 e. The number of benzene rings is 1. The quantitative estimate of drug-likeness (QED) is 0.673. The lowest BCUT2D eigenvalue weighted by Gasteiger charge is -2.11. The summed E-state index contributed by atoms with van der Waals surface area (Å²) in [6.07, 6.45) is 1.36. The van der Waals surface area contributed by atoms with Crippen molar-refractivity contribution in [1.82, 2.24) is 9.97 Å². The molecule has 2 heterocycles. The molecule has 3 aromatic rings. The van der Waals surface area contributed by atoms with Crippen LogP contribution in [0, 0.1) is 20.8 Å². The largest absolute Gasteiger partial charge is 0.459 e. The molecule has 0 saturated carbocycles. The van der Waals surface area contributed by atoms with Gasteiger partial charge in [0.05, 0.1) is 11.5 Å². The number of esters is 1. The lowest BCUT2D eigenvalue weighted by molar-refractivity contribution is 0.0383. The monoisotopic (exact) mass is 355 g/mol. The van der Waals surface area contributed by atoms with Crippen molar-refractivity contribution in [3.8, 4) is 0 Å². The van der Waals surface area contributed by atoms with Gasteiger partial charge in [-0.25, -0.2) is 14.8 Å². The molecule has 0 spiro atoms. The van der Waals surface area contributed by atoms with E-state index in [1.807, 2.05) is 27.7 Å². The average molecular weight is 355 g/mol. The third-order valence-electron chi connectivity index (χ3n) is 3.90. The summed E-state index contributed by atoms with van der Waals surface area (Å²) >= 11 is 1.34. The van der Waals surface area contributed by atoms with Crippen molar-refractivity contribution in [3.05, 3.63) is 46.1 Å². The van der Waals surface area contributed by atoms with Crippen molar-refractivity contribution in [2.45, 2.75) is 40.7 Å². The number of hydrogen-bond acceptors (Lipinski definition) is 6. The number of rotatable bonds is 4. The van der Waals surface area contributed by atoms with E-state index in [1.165, 1.54) is 23.2 Å². The SMILES string of the molecule is Cc1ccc(C)c(Nc2ncnc3sc(C(=O)OC(C)C)c(C)c23)c1. The van der Waals surface area contributed by atoms with E-state index in [9.17, 15) is 4.79 Å². The molecule has 0 fully saturated rings. The van der Waals surface area contributed by atoms with Gasteiger partial charge in [-0.3, -0.25) is 0 Å². The van der Waals surface area contributed by atoms with Crippen LogP contribution in [0.15, 0.2) is 24.5 Å². The number of carbonyl (C=O) groups excluding carboxylic acids is 1. The molecule has 1 N–H and O–H groups in total. The van der Waals surface area contributed by atoms with Crippen molar-refractivity contribution in [3.63, 3.8) is 0 Å². The highest BCUT2D eigenvalue weighted by Crippen LogP contribution is 2.35. The van der Waals surface area contributed by atoms with Gasteiger partial charge in [-0.15, -0.1) is 11.3 Å². The fourth-order valence-electron chi connectivity index (χ4n) is 2.63. The van der Waals surface area contributed by atoms with Gasteiger partial charge < -0.3 is 10.1 Å². The van der Waals surface area contributed by atoms with Gasteiger partial charge in [-0.1, -0.05) is 12.1 Å². The molecule has 0 aliphatic rings. The molecule has 3 rings (SSSR count). The Balaban J connectivity index is 2.06. The first-order chi connectivity index (χ1) is 11.9. The third-order valence-corrected chi connectivity index (χ3v) is 5.08. The van der Waals surface area contributed by atoms with Crippen molar-refractivity contribution in [1.29, 1.82) is 0 Å². The lowest BCUT2D eigenvalue weighted by atomic mass is 10.1. The molecule has 0 atom stereocenters. The van der Waals surface area contributed by atoms with Gasteiger partial charge in [0, 0.05) is 5.69 Å². The number of fused-ring (bicyclic) bond motifs is 1. The Morgan fingerprint density at radius 2 is 1.96 bits per heavy atom. The van der Waals surface area contributed by atoms with Gasteiger partial charge in [-0.05, 0) is 57.4 Å². The molecule has 0 aliphatic carbocycles. The van der Waals surface area contributed by atoms with E-state index in [0.717, 1.165) is 27.0 Å². The van der Waals surface area contributed by atoms with Crippen LogP contribution in [0.1, 0.15) is 40.2 Å². The standard InChI is InChI=1S/C19H21N3O2S/c1-10(2)24-19(23)16-13(5)15-17(20-9-21-18(15)25-16)22-14-8-11(3)6-7-12(14)4/h6-10H,1-5H3,(H,20,21,22). The van der Waals surface area contributed by atoms with Gasteiger partial charge in [-0.2, -0.15) is 0 Å². The van der Waals surface area contributed by atoms with E-state index in [-0.39, 0.29) is 12.1 Å². The first kappa shape index (κ1) is 17.4. The van der Waals surface area contributed by atoms with Crippen LogP contribution in [0.25, 0.3) is 10.2 Å². The summed E-state index contributed by atoms with van der Waals surface area (Å²) in [5.41, 5.74) is 4.14. The Hall–Kier alpha value is -2.47. The van der Waals surface area contributed by atoms with Gasteiger partial charge >= 0.3 is 5.97 Å².